The molecule has 242 valence electrons. The van der Waals surface area contributed by atoms with Crippen molar-refractivity contribution in [2.45, 2.75) is 38.5 Å². The molecule has 0 radical (unpaired) electrons. The van der Waals surface area contributed by atoms with E-state index >= 15 is 0 Å². The molecule has 0 bridgehead atoms. The van der Waals surface area contributed by atoms with Gasteiger partial charge in [0, 0.05) is 46.5 Å². The number of fused-ring (bicyclic) bond motifs is 2. The normalized spacial score (nSPS) is 17.6. The summed E-state index contributed by atoms with van der Waals surface area (Å²) in [5.41, 5.74) is 11.8. The van der Waals surface area contributed by atoms with Gasteiger partial charge in [-0.05, 0) is 63.1 Å². The minimum absolute atomic E-state index is 0.111. The summed E-state index contributed by atoms with van der Waals surface area (Å²) in [6.07, 6.45) is 17.8. The number of benzene rings is 4. The second kappa shape index (κ2) is 12.8. The van der Waals surface area contributed by atoms with Crippen molar-refractivity contribution in [2.24, 2.45) is 0 Å². The van der Waals surface area contributed by atoms with Gasteiger partial charge < -0.3 is 4.74 Å². The first-order valence-corrected chi connectivity index (χ1v) is 17.1. The Hall–Kier alpha value is -5.54. The average molecular weight is 641 g/mol. The predicted molar refractivity (Wildman–Crippen MR) is 205 cm³/mol. The largest absolute Gasteiger partial charge is 0.456 e. The third-order valence-corrected chi connectivity index (χ3v) is 10.1. The van der Waals surface area contributed by atoms with Crippen molar-refractivity contribution < 1.29 is 13.9 Å². The molecule has 3 aliphatic heterocycles. The highest BCUT2D eigenvalue weighted by molar-refractivity contribution is 6.04. The van der Waals surface area contributed by atoms with Gasteiger partial charge in [-0.2, -0.15) is 9.15 Å². The van der Waals surface area contributed by atoms with E-state index in [1.807, 2.05) is 36.4 Å². The van der Waals surface area contributed by atoms with Crippen LogP contribution in [0.1, 0.15) is 49.9 Å². The highest BCUT2D eigenvalue weighted by Crippen LogP contribution is 2.40. The third-order valence-electron chi connectivity index (χ3n) is 10.1. The molecule has 3 heteroatoms. The van der Waals surface area contributed by atoms with E-state index in [4.69, 9.17) is 4.74 Å². The van der Waals surface area contributed by atoms with E-state index in [9.17, 15) is 0 Å². The molecule has 0 saturated heterocycles. The van der Waals surface area contributed by atoms with Crippen LogP contribution in [0.3, 0.4) is 0 Å². The van der Waals surface area contributed by atoms with Crippen molar-refractivity contribution in [3.63, 3.8) is 0 Å². The molecule has 7 rings (SSSR count). The van der Waals surface area contributed by atoms with E-state index in [0.717, 1.165) is 33.8 Å². The van der Waals surface area contributed by atoms with Gasteiger partial charge in [-0.25, -0.2) is 0 Å². The fourth-order valence-corrected chi connectivity index (χ4v) is 7.42. The molecule has 0 amide bonds. The lowest BCUT2D eigenvalue weighted by Gasteiger charge is -2.19. The zero-order chi connectivity index (χ0) is 34.2. The molecule has 3 heterocycles. The zero-order valence-electron chi connectivity index (χ0n) is 29.3. The molecule has 0 unspecified atom stereocenters. The van der Waals surface area contributed by atoms with E-state index in [2.05, 4.69) is 172 Å². The second-order valence-electron chi connectivity index (χ2n) is 14.0. The summed E-state index contributed by atoms with van der Waals surface area (Å²) in [7, 11) is 4.34. The number of hydrogen-bond acceptors (Lipinski definition) is 1. The lowest BCUT2D eigenvalue weighted by Crippen LogP contribution is -2.26. The van der Waals surface area contributed by atoms with Gasteiger partial charge in [-0.3, -0.25) is 0 Å². The van der Waals surface area contributed by atoms with Gasteiger partial charge in [0.05, 0.1) is 10.8 Å². The van der Waals surface area contributed by atoms with Gasteiger partial charge in [-0.15, -0.1) is 0 Å². The van der Waals surface area contributed by atoms with Crippen LogP contribution < -0.4 is 0 Å². The molecule has 0 spiro atoms. The molecular formula is C46H44N2O+2. The molecule has 49 heavy (non-hydrogen) atoms. The fraction of sp³-hybridized carbons (Fsp3) is 0.174. The predicted octanol–water partition coefficient (Wildman–Crippen LogP) is 10.5. The smallest absolute Gasteiger partial charge is 0.209 e. The Labute approximate surface area is 291 Å². The van der Waals surface area contributed by atoms with Crippen LogP contribution in [0.4, 0.5) is 11.4 Å². The van der Waals surface area contributed by atoms with Gasteiger partial charge in [0.25, 0.3) is 0 Å². The molecule has 0 N–H and O–H groups in total. The third kappa shape index (κ3) is 6.02. The average Bonchev–Trinajstić information content (AvgIpc) is 3.45. The van der Waals surface area contributed by atoms with Crippen molar-refractivity contribution in [3.8, 4) is 0 Å². The minimum Gasteiger partial charge on any atom is -0.456 e. The Balaban J connectivity index is 1.32. The van der Waals surface area contributed by atoms with Crippen LogP contribution in [0.15, 0.2) is 169 Å². The molecule has 0 atom stereocenters. The molecule has 0 saturated carbocycles. The molecule has 0 aliphatic carbocycles. The van der Waals surface area contributed by atoms with Crippen molar-refractivity contribution in [2.75, 3.05) is 14.1 Å². The number of para-hydroxylation sites is 2. The van der Waals surface area contributed by atoms with Gasteiger partial charge in [-0.1, -0.05) is 109 Å². The van der Waals surface area contributed by atoms with Crippen LogP contribution in [0, 0.1) is 0 Å². The van der Waals surface area contributed by atoms with Crippen LogP contribution in [-0.4, -0.2) is 34.7 Å². The lowest BCUT2D eigenvalue weighted by molar-refractivity contribution is -0.401. The van der Waals surface area contributed by atoms with Gasteiger partial charge >= 0.3 is 0 Å². The zero-order valence-corrected chi connectivity index (χ0v) is 29.3. The molecule has 4 aromatic carbocycles. The van der Waals surface area contributed by atoms with Crippen LogP contribution >= 0.6 is 0 Å². The summed E-state index contributed by atoms with van der Waals surface area (Å²) in [4.78, 5) is 0. The summed E-state index contributed by atoms with van der Waals surface area (Å²) in [6, 6.07) is 38.1. The van der Waals surface area contributed by atoms with E-state index in [-0.39, 0.29) is 10.8 Å². The first kappa shape index (κ1) is 32.0. The van der Waals surface area contributed by atoms with Crippen LogP contribution in [0.25, 0.3) is 11.5 Å². The van der Waals surface area contributed by atoms with Crippen molar-refractivity contribution in [1.82, 2.24) is 0 Å². The maximum Gasteiger partial charge on any atom is 0.209 e. The van der Waals surface area contributed by atoms with Crippen LogP contribution in [0.2, 0.25) is 0 Å². The maximum atomic E-state index is 6.47. The monoisotopic (exact) mass is 640 g/mol. The molecule has 4 aromatic rings. The van der Waals surface area contributed by atoms with Gasteiger partial charge in [0.1, 0.15) is 25.6 Å². The summed E-state index contributed by atoms with van der Waals surface area (Å²) in [5, 5.41) is 0. The van der Waals surface area contributed by atoms with Gasteiger partial charge in [0.2, 0.25) is 11.4 Å². The Morgan fingerprint density at radius 3 is 1.39 bits per heavy atom. The minimum atomic E-state index is -0.111. The lowest BCUT2D eigenvalue weighted by atomic mass is 9.81. The highest BCUT2D eigenvalue weighted by Gasteiger charge is 2.43. The quantitative estimate of drug-likeness (QED) is 0.145. The SMILES string of the molecule is C[N+]1=C(/C=C/C(=CC=C2C=C(c3ccccc3)OC(c3ccccc3)=C2)/C=C/C2=[N+](C)c3ccccc3C2(C)C)C(C)(C)c2ccccc21. The Morgan fingerprint density at radius 2 is 0.959 bits per heavy atom. The second-order valence-corrected chi connectivity index (χ2v) is 14.0. The van der Waals surface area contributed by atoms with E-state index in [1.165, 1.54) is 33.9 Å². The first-order chi connectivity index (χ1) is 23.6. The first-order valence-electron chi connectivity index (χ1n) is 17.1. The topological polar surface area (TPSA) is 15.2 Å². The fourth-order valence-electron chi connectivity index (χ4n) is 7.42. The summed E-state index contributed by atoms with van der Waals surface area (Å²) < 4.78 is 11.1. The molecule has 3 aliphatic rings. The van der Waals surface area contributed by atoms with Gasteiger partial charge in [0.15, 0.2) is 11.4 Å². The van der Waals surface area contributed by atoms with Crippen molar-refractivity contribution in [1.29, 1.82) is 0 Å². The number of rotatable bonds is 7. The molecule has 0 aromatic heterocycles. The van der Waals surface area contributed by atoms with Crippen molar-refractivity contribution >= 4 is 34.3 Å². The Kier molecular flexibility index (Phi) is 8.38. The van der Waals surface area contributed by atoms with Crippen LogP contribution in [-0.2, 0) is 15.6 Å². The van der Waals surface area contributed by atoms with Crippen LogP contribution in [0.5, 0.6) is 0 Å². The highest BCUT2D eigenvalue weighted by atomic mass is 16.5. The Morgan fingerprint density at radius 1 is 0.551 bits per heavy atom. The number of hydrogen-bond donors (Lipinski definition) is 0. The Bertz CT molecular complexity index is 2030. The van der Waals surface area contributed by atoms with E-state index in [0.29, 0.717) is 0 Å². The molecular weight excluding hydrogens is 597 g/mol. The summed E-state index contributed by atoms with van der Waals surface area (Å²) in [5.74, 6) is 1.67. The maximum absolute atomic E-state index is 6.47. The van der Waals surface area contributed by atoms with E-state index < -0.39 is 0 Å². The van der Waals surface area contributed by atoms with E-state index in [1.54, 1.807) is 0 Å². The molecule has 3 nitrogen and oxygen atoms in total. The molecule has 0 fully saturated rings. The van der Waals surface area contributed by atoms with Crippen molar-refractivity contribution in [3.05, 3.63) is 191 Å². The number of nitrogens with zero attached hydrogens (tertiary/aromatic N) is 2. The summed E-state index contributed by atoms with van der Waals surface area (Å²) >= 11 is 0. The summed E-state index contributed by atoms with van der Waals surface area (Å²) in [6.45, 7) is 9.25. The number of ether oxygens (including phenoxy) is 1. The standard InChI is InChI=1S/C46H44N2O/c1-45(2)37-21-13-15-23-39(37)47(5)43(45)29-27-33(28-30-44-46(3,4)38-22-14-16-24-40(38)48(44)6)25-26-34-31-41(35-17-9-7-10-18-35)49-42(32-34)36-19-11-8-12-20-36/h7-32H,1-6H3/q+2/b29-27+,30-28+. The number of allylic oxidation sites excluding steroid dienone is 10.